The van der Waals surface area contributed by atoms with E-state index in [0.717, 1.165) is 24.3 Å². The largest absolute Gasteiger partial charge is 0.324 e. The second kappa shape index (κ2) is 3.22. The Morgan fingerprint density at radius 1 is 1.40 bits per heavy atom. The second-order valence-electron chi connectivity index (χ2n) is 5.08. The molecule has 0 amide bonds. The number of rotatable bonds is 2. The highest BCUT2D eigenvalue weighted by molar-refractivity contribution is 5.32. The Hall–Kier alpha value is -1.06. The molecule has 2 atom stereocenters. The molecule has 0 radical (unpaired) electrons. The summed E-state index contributed by atoms with van der Waals surface area (Å²) in [4.78, 5) is 6.76. The summed E-state index contributed by atoms with van der Waals surface area (Å²) in [5.41, 5.74) is 0. The summed E-state index contributed by atoms with van der Waals surface area (Å²) in [5, 5.41) is 4.02. The van der Waals surface area contributed by atoms with Crippen LogP contribution in [0, 0.1) is 5.92 Å². The van der Waals surface area contributed by atoms with Gasteiger partial charge in [-0.25, -0.2) is 0 Å². The molecule has 1 saturated carbocycles. The summed E-state index contributed by atoms with van der Waals surface area (Å²) >= 11 is 0. The third-order valence-electron chi connectivity index (χ3n) is 3.60. The second-order valence-corrected chi connectivity index (χ2v) is 5.08. The highest BCUT2D eigenvalue weighted by Crippen LogP contribution is 2.39. The molecule has 82 valence electrons. The molecule has 0 N–H and O–H groups in total. The minimum Gasteiger partial charge on any atom is -0.321 e. The van der Waals surface area contributed by atoms with Crippen molar-refractivity contribution in [2.24, 2.45) is 5.92 Å². The van der Waals surface area contributed by atoms with E-state index in [-0.39, 0.29) is 0 Å². The molecule has 4 heteroatoms. The molecule has 0 aromatic carbocycles. The van der Waals surface area contributed by atoms with Crippen molar-refractivity contribution < 1.29 is 4.52 Å². The Labute approximate surface area is 89.6 Å². The summed E-state index contributed by atoms with van der Waals surface area (Å²) in [6.07, 6.45) is 4.00. The first-order chi connectivity index (χ1) is 7.24. The summed E-state index contributed by atoms with van der Waals surface area (Å²) in [6.45, 7) is 5.29. The topological polar surface area (TPSA) is 42.2 Å². The van der Waals surface area contributed by atoms with Crippen LogP contribution in [0.2, 0.25) is 0 Å². The lowest BCUT2D eigenvalue weighted by Crippen LogP contribution is -2.32. The van der Waals surface area contributed by atoms with E-state index in [4.69, 9.17) is 4.52 Å². The predicted molar refractivity (Wildman–Crippen MR) is 56.9 cm³/mol. The van der Waals surface area contributed by atoms with Gasteiger partial charge in [0.05, 0.1) is 0 Å². The predicted octanol–water partition coefficient (Wildman–Crippen LogP) is 2.18. The monoisotopic (exact) mass is 207 g/mol. The van der Waals surface area contributed by atoms with Gasteiger partial charge in [-0.05, 0) is 25.2 Å². The molecule has 1 aromatic rings. The first-order valence-corrected chi connectivity index (χ1v) is 5.84. The number of piperidine rings is 1. The van der Waals surface area contributed by atoms with Gasteiger partial charge >= 0.3 is 6.01 Å². The molecule has 2 fully saturated rings. The maximum Gasteiger partial charge on any atom is 0.324 e. The Bertz CT molecular complexity index is 360. The van der Waals surface area contributed by atoms with Crippen molar-refractivity contribution in [3.8, 4) is 0 Å². The molecule has 3 rings (SSSR count). The molecule has 2 bridgehead atoms. The normalized spacial score (nSPS) is 29.4. The molecule has 0 spiro atoms. The Kier molecular flexibility index (Phi) is 1.97. The lowest BCUT2D eigenvalue weighted by molar-refractivity contribution is 0.392. The molecule has 2 heterocycles. The van der Waals surface area contributed by atoms with E-state index in [9.17, 15) is 0 Å². The lowest BCUT2D eigenvalue weighted by Gasteiger charge is -2.24. The van der Waals surface area contributed by atoms with Crippen molar-refractivity contribution in [2.75, 3.05) is 11.4 Å². The molecule has 2 aliphatic rings. The van der Waals surface area contributed by atoms with Crippen molar-refractivity contribution >= 4 is 6.01 Å². The van der Waals surface area contributed by atoms with Crippen molar-refractivity contribution in [1.82, 2.24) is 10.1 Å². The minimum absolute atomic E-state index is 0.349. The maximum absolute atomic E-state index is 5.33. The van der Waals surface area contributed by atoms with E-state index in [1.807, 2.05) is 0 Å². The zero-order chi connectivity index (χ0) is 10.4. The third-order valence-corrected chi connectivity index (χ3v) is 3.60. The first-order valence-electron chi connectivity index (χ1n) is 5.84. The van der Waals surface area contributed by atoms with Crippen molar-refractivity contribution in [3.63, 3.8) is 0 Å². The Balaban J connectivity index is 1.81. The van der Waals surface area contributed by atoms with Crippen LogP contribution in [-0.4, -0.2) is 22.7 Å². The fourth-order valence-corrected chi connectivity index (χ4v) is 2.74. The third kappa shape index (κ3) is 1.43. The van der Waals surface area contributed by atoms with Gasteiger partial charge in [-0.3, -0.25) is 0 Å². The molecule has 1 aromatic heterocycles. The molecule has 15 heavy (non-hydrogen) atoms. The van der Waals surface area contributed by atoms with Crippen LogP contribution >= 0.6 is 0 Å². The molecular weight excluding hydrogens is 190 g/mol. The van der Waals surface area contributed by atoms with Gasteiger partial charge in [0.2, 0.25) is 0 Å². The number of fused-ring (bicyclic) bond motifs is 2. The smallest absolute Gasteiger partial charge is 0.321 e. The average Bonchev–Trinajstić information content (AvgIpc) is 2.93. The van der Waals surface area contributed by atoms with E-state index < -0.39 is 0 Å². The van der Waals surface area contributed by atoms with Crippen molar-refractivity contribution in [2.45, 2.75) is 45.1 Å². The SMILES string of the molecule is CC(C)c1noc(N2CC3CCC2C3)n1. The van der Waals surface area contributed by atoms with E-state index >= 15 is 0 Å². The van der Waals surface area contributed by atoms with Crippen LogP contribution in [0.15, 0.2) is 4.52 Å². The van der Waals surface area contributed by atoms with Crippen LogP contribution < -0.4 is 4.90 Å². The van der Waals surface area contributed by atoms with Crippen molar-refractivity contribution in [3.05, 3.63) is 5.82 Å². The molecule has 1 aliphatic heterocycles. The van der Waals surface area contributed by atoms with Gasteiger partial charge in [0.1, 0.15) is 0 Å². The van der Waals surface area contributed by atoms with Gasteiger partial charge in [-0.2, -0.15) is 4.98 Å². The number of anilines is 1. The fourth-order valence-electron chi connectivity index (χ4n) is 2.74. The van der Waals surface area contributed by atoms with E-state index in [2.05, 4.69) is 28.9 Å². The van der Waals surface area contributed by atoms with E-state index in [0.29, 0.717) is 12.0 Å². The Morgan fingerprint density at radius 3 is 2.80 bits per heavy atom. The summed E-state index contributed by atoms with van der Waals surface area (Å²) in [5.74, 6) is 2.04. The van der Waals surface area contributed by atoms with Crippen LogP contribution in [0.5, 0.6) is 0 Å². The molecular formula is C11H17N3O. The lowest BCUT2D eigenvalue weighted by atomic mass is 10.1. The number of hydrogen-bond donors (Lipinski definition) is 0. The number of aromatic nitrogens is 2. The number of hydrogen-bond acceptors (Lipinski definition) is 4. The highest BCUT2D eigenvalue weighted by Gasteiger charge is 2.40. The molecule has 1 aliphatic carbocycles. The maximum atomic E-state index is 5.33. The van der Waals surface area contributed by atoms with Gasteiger partial charge in [-0.15, -0.1) is 0 Å². The van der Waals surface area contributed by atoms with Gasteiger partial charge < -0.3 is 9.42 Å². The van der Waals surface area contributed by atoms with E-state index in [1.165, 1.54) is 19.3 Å². The van der Waals surface area contributed by atoms with Crippen LogP contribution in [0.4, 0.5) is 6.01 Å². The van der Waals surface area contributed by atoms with Gasteiger partial charge in [0.25, 0.3) is 0 Å². The van der Waals surface area contributed by atoms with Crippen LogP contribution in [0.1, 0.15) is 44.9 Å². The average molecular weight is 207 g/mol. The molecule has 2 unspecified atom stereocenters. The minimum atomic E-state index is 0.349. The van der Waals surface area contributed by atoms with Crippen LogP contribution in [-0.2, 0) is 0 Å². The standard InChI is InChI=1S/C11H17N3O/c1-7(2)10-12-11(15-13-10)14-6-8-3-4-9(14)5-8/h7-9H,3-6H2,1-2H3. The van der Waals surface area contributed by atoms with Gasteiger partial charge in [-0.1, -0.05) is 19.0 Å². The fraction of sp³-hybridized carbons (Fsp3) is 0.818. The molecule has 1 saturated heterocycles. The first kappa shape index (κ1) is 9.19. The van der Waals surface area contributed by atoms with E-state index in [1.54, 1.807) is 0 Å². The summed E-state index contributed by atoms with van der Waals surface area (Å²) in [7, 11) is 0. The zero-order valence-corrected chi connectivity index (χ0v) is 9.31. The van der Waals surface area contributed by atoms with Crippen LogP contribution in [0.25, 0.3) is 0 Å². The zero-order valence-electron chi connectivity index (χ0n) is 9.31. The Morgan fingerprint density at radius 2 is 2.27 bits per heavy atom. The van der Waals surface area contributed by atoms with Gasteiger partial charge in [0, 0.05) is 18.5 Å². The van der Waals surface area contributed by atoms with Gasteiger partial charge in [0.15, 0.2) is 5.82 Å². The highest BCUT2D eigenvalue weighted by atomic mass is 16.5. The van der Waals surface area contributed by atoms with Crippen LogP contribution in [0.3, 0.4) is 0 Å². The summed E-state index contributed by atoms with van der Waals surface area (Å²) in [6, 6.07) is 1.40. The van der Waals surface area contributed by atoms with Crippen molar-refractivity contribution in [1.29, 1.82) is 0 Å². The summed E-state index contributed by atoms with van der Waals surface area (Å²) < 4.78 is 5.33. The number of nitrogens with zero attached hydrogens (tertiary/aromatic N) is 3. The quantitative estimate of drug-likeness (QED) is 0.745. The molecule has 4 nitrogen and oxygen atoms in total.